The first-order valence-electron chi connectivity index (χ1n) is 10.1. The van der Waals surface area contributed by atoms with Crippen LogP contribution in [0.25, 0.3) is 11.3 Å². The zero-order valence-electron chi connectivity index (χ0n) is 17.5. The number of rotatable bonds is 6. The molecule has 0 saturated carbocycles. The highest BCUT2D eigenvalue weighted by atomic mass is 19.1. The van der Waals surface area contributed by atoms with E-state index in [1.165, 1.54) is 6.07 Å². The quantitative estimate of drug-likeness (QED) is 0.587. The molecule has 1 amide bonds. The monoisotopic (exact) mass is 440 g/mol. The molecule has 3 aromatic rings. The number of amides is 1. The summed E-state index contributed by atoms with van der Waals surface area (Å²) < 4.78 is 37.1. The molecule has 1 fully saturated rings. The Morgan fingerprint density at radius 2 is 1.81 bits per heavy atom. The second kappa shape index (κ2) is 9.59. The fourth-order valence-electron chi connectivity index (χ4n) is 3.44. The summed E-state index contributed by atoms with van der Waals surface area (Å²) in [6, 6.07) is 14.4. The molecule has 0 atom stereocenters. The van der Waals surface area contributed by atoms with Crippen molar-refractivity contribution < 1.29 is 23.0 Å². The molecule has 7 nitrogen and oxygen atoms in total. The molecule has 2 aromatic carbocycles. The van der Waals surface area contributed by atoms with Crippen LogP contribution in [0.15, 0.2) is 54.6 Å². The van der Waals surface area contributed by atoms with Crippen LogP contribution >= 0.6 is 0 Å². The highest BCUT2D eigenvalue weighted by Crippen LogP contribution is 2.23. The summed E-state index contributed by atoms with van der Waals surface area (Å²) in [4.78, 5) is 16.1. The van der Waals surface area contributed by atoms with E-state index < -0.39 is 11.6 Å². The third-order valence-corrected chi connectivity index (χ3v) is 5.22. The van der Waals surface area contributed by atoms with Crippen molar-refractivity contribution in [1.82, 2.24) is 15.1 Å². The molecule has 1 aliphatic rings. The minimum Gasteiger partial charge on any atom is -0.497 e. The Morgan fingerprint density at radius 3 is 2.50 bits per heavy atom. The van der Waals surface area contributed by atoms with Gasteiger partial charge in [0.15, 0.2) is 24.0 Å². The number of hydrogen-bond donors (Lipinski definition) is 0. The van der Waals surface area contributed by atoms with E-state index >= 15 is 0 Å². The number of hydrogen-bond acceptors (Lipinski definition) is 6. The average Bonchev–Trinajstić information content (AvgIpc) is 2.83. The van der Waals surface area contributed by atoms with Gasteiger partial charge in [-0.3, -0.25) is 4.79 Å². The summed E-state index contributed by atoms with van der Waals surface area (Å²) in [5, 5.41) is 8.65. The molecule has 0 radical (unpaired) electrons. The molecule has 0 bridgehead atoms. The van der Waals surface area contributed by atoms with Gasteiger partial charge in [-0.15, -0.1) is 10.2 Å². The molecule has 9 heteroatoms. The molecule has 166 valence electrons. The number of benzene rings is 2. The van der Waals surface area contributed by atoms with E-state index in [-0.39, 0.29) is 18.3 Å². The molecule has 0 N–H and O–H groups in total. The van der Waals surface area contributed by atoms with Gasteiger partial charge in [0, 0.05) is 37.8 Å². The van der Waals surface area contributed by atoms with E-state index in [9.17, 15) is 13.6 Å². The first kappa shape index (κ1) is 21.5. The van der Waals surface area contributed by atoms with Crippen LogP contribution in [0.2, 0.25) is 0 Å². The van der Waals surface area contributed by atoms with Gasteiger partial charge >= 0.3 is 0 Å². The molecule has 1 aliphatic heterocycles. The summed E-state index contributed by atoms with van der Waals surface area (Å²) in [6.45, 7) is 1.83. The fourth-order valence-corrected chi connectivity index (χ4v) is 3.44. The van der Waals surface area contributed by atoms with E-state index in [1.807, 2.05) is 41.3 Å². The van der Waals surface area contributed by atoms with Crippen molar-refractivity contribution in [1.29, 1.82) is 0 Å². The summed E-state index contributed by atoms with van der Waals surface area (Å²) in [5.41, 5.74) is 1.66. The van der Waals surface area contributed by atoms with Gasteiger partial charge in [0.2, 0.25) is 0 Å². The summed E-state index contributed by atoms with van der Waals surface area (Å²) in [5.74, 6) is -0.457. The molecule has 0 aliphatic carbocycles. The van der Waals surface area contributed by atoms with E-state index in [0.717, 1.165) is 35.0 Å². The number of ether oxygens (including phenoxy) is 2. The third kappa shape index (κ3) is 4.93. The van der Waals surface area contributed by atoms with Gasteiger partial charge in [-0.05, 0) is 36.4 Å². The Hall–Kier alpha value is -3.75. The van der Waals surface area contributed by atoms with Crippen molar-refractivity contribution in [3.05, 3.63) is 66.2 Å². The number of methoxy groups -OCH3 is 1. The minimum atomic E-state index is -0.835. The van der Waals surface area contributed by atoms with Crippen LogP contribution in [0.1, 0.15) is 0 Å². The van der Waals surface area contributed by atoms with Gasteiger partial charge in [-0.1, -0.05) is 12.1 Å². The molecule has 1 aromatic heterocycles. The lowest BCUT2D eigenvalue weighted by molar-refractivity contribution is -0.133. The van der Waals surface area contributed by atoms with Crippen LogP contribution in [0.4, 0.5) is 14.6 Å². The highest BCUT2D eigenvalue weighted by molar-refractivity contribution is 5.78. The van der Waals surface area contributed by atoms with Crippen LogP contribution in [-0.4, -0.2) is 60.9 Å². The lowest BCUT2D eigenvalue weighted by Gasteiger charge is -2.35. The second-order valence-electron chi connectivity index (χ2n) is 7.24. The predicted octanol–water partition coefficient (Wildman–Crippen LogP) is 3.16. The molecule has 32 heavy (non-hydrogen) atoms. The SMILES string of the molecule is COc1cccc(-c2ccc(N3CCN(C(=O)COc4ccc(F)cc4F)CC3)nn2)c1. The van der Waals surface area contributed by atoms with Crippen molar-refractivity contribution in [2.75, 3.05) is 44.8 Å². The molecular formula is C23H22F2N4O3. The van der Waals surface area contributed by atoms with Gasteiger partial charge in [-0.25, -0.2) is 8.78 Å². The Balaban J connectivity index is 1.30. The average molecular weight is 440 g/mol. The Morgan fingerprint density at radius 1 is 1.00 bits per heavy atom. The summed E-state index contributed by atoms with van der Waals surface area (Å²) in [7, 11) is 1.62. The molecule has 0 spiro atoms. The number of nitrogens with zero attached hydrogens (tertiary/aromatic N) is 4. The third-order valence-electron chi connectivity index (χ3n) is 5.22. The van der Waals surface area contributed by atoms with Crippen molar-refractivity contribution in [2.24, 2.45) is 0 Å². The van der Waals surface area contributed by atoms with Gasteiger partial charge < -0.3 is 19.3 Å². The Labute approximate surface area is 184 Å². The van der Waals surface area contributed by atoms with Crippen LogP contribution in [0.3, 0.4) is 0 Å². The largest absolute Gasteiger partial charge is 0.497 e. The summed E-state index contributed by atoms with van der Waals surface area (Å²) >= 11 is 0. The Bertz CT molecular complexity index is 1090. The van der Waals surface area contributed by atoms with Crippen molar-refractivity contribution in [3.63, 3.8) is 0 Å². The lowest BCUT2D eigenvalue weighted by atomic mass is 10.1. The molecule has 4 rings (SSSR count). The van der Waals surface area contributed by atoms with Crippen molar-refractivity contribution in [2.45, 2.75) is 0 Å². The zero-order valence-corrected chi connectivity index (χ0v) is 17.5. The number of halogens is 2. The van der Waals surface area contributed by atoms with E-state index in [4.69, 9.17) is 9.47 Å². The molecule has 1 saturated heterocycles. The number of anilines is 1. The number of carbonyl (C=O) groups is 1. The Kier molecular flexibility index (Phi) is 6.44. The van der Waals surface area contributed by atoms with Crippen LogP contribution in [-0.2, 0) is 4.79 Å². The van der Waals surface area contributed by atoms with Crippen LogP contribution < -0.4 is 14.4 Å². The van der Waals surface area contributed by atoms with Crippen LogP contribution in [0.5, 0.6) is 11.5 Å². The smallest absolute Gasteiger partial charge is 0.260 e. The van der Waals surface area contributed by atoms with Crippen molar-refractivity contribution in [3.8, 4) is 22.8 Å². The molecule has 0 unspecified atom stereocenters. The summed E-state index contributed by atoms with van der Waals surface area (Å²) in [6.07, 6.45) is 0. The van der Waals surface area contributed by atoms with Gasteiger partial charge in [0.05, 0.1) is 12.8 Å². The van der Waals surface area contributed by atoms with Gasteiger partial charge in [0.1, 0.15) is 11.6 Å². The van der Waals surface area contributed by atoms with Gasteiger partial charge in [0.25, 0.3) is 5.91 Å². The van der Waals surface area contributed by atoms with Crippen molar-refractivity contribution >= 4 is 11.7 Å². The minimum absolute atomic E-state index is 0.148. The zero-order chi connectivity index (χ0) is 22.5. The highest BCUT2D eigenvalue weighted by Gasteiger charge is 2.23. The topological polar surface area (TPSA) is 67.8 Å². The molecule has 2 heterocycles. The maximum atomic E-state index is 13.6. The van der Waals surface area contributed by atoms with Crippen LogP contribution in [0, 0.1) is 11.6 Å². The van der Waals surface area contributed by atoms with E-state index in [0.29, 0.717) is 26.2 Å². The fraction of sp³-hybridized carbons (Fsp3) is 0.261. The first-order chi connectivity index (χ1) is 15.5. The van der Waals surface area contributed by atoms with Gasteiger partial charge in [-0.2, -0.15) is 0 Å². The lowest BCUT2D eigenvalue weighted by Crippen LogP contribution is -2.50. The first-order valence-corrected chi connectivity index (χ1v) is 10.1. The number of piperazine rings is 1. The standard InChI is InChI=1S/C23H22F2N4O3/c1-31-18-4-2-3-16(13-18)20-6-8-22(27-26-20)28-9-11-29(12-10-28)23(30)15-32-21-7-5-17(24)14-19(21)25/h2-8,13-14H,9-12,15H2,1H3. The van der Waals surface area contributed by atoms with E-state index in [1.54, 1.807) is 12.0 Å². The maximum absolute atomic E-state index is 13.6. The molecular weight excluding hydrogens is 418 g/mol. The number of carbonyl (C=O) groups excluding carboxylic acids is 1. The normalized spacial score (nSPS) is 13.7. The predicted molar refractivity (Wildman–Crippen MR) is 115 cm³/mol. The second-order valence-corrected chi connectivity index (χ2v) is 7.24. The number of aromatic nitrogens is 2. The maximum Gasteiger partial charge on any atom is 0.260 e. The van der Waals surface area contributed by atoms with E-state index in [2.05, 4.69) is 10.2 Å².